The molecular weight excluding hydrogens is 210 g/mol. The van der Waals surface area contributed by atoms with Gasteiger partial charge in [0.05, 0.1) is 12.8 Å². The van der Waals surface area contributed by atoms with E-state index < -0.39 is 0 Å². The highest BCUT2D eigenvalue weighted by atomic mass is 32.1. The number of thiazole rings is 1. The third kappa shape index (κ3) is 2.47. The van der Waals surface area contributed by atoms with Gasteiger partial charge in [-0.2, -0.15) is 0 Å². The van der Waals surface area contributed by atoms with Crippen molar-refractivity contribution >= 4 is 11.3 Å². The highest BCUT2D eigenvalue weighted by molar-refractivity contribution is 7.11. The smallest absolute Gasteiger partial charge is 0.270 e. The summed E-state index contributed by atoms with van der Waals surface area (Å²) in [6, 6.07) is 7.83. The molecule has 0 fully saturated rings. The molecule has 0 aliphatic heterocycles. The highest BCUT2D eigenvalue weighted by Crippen LogP contribution is 2.19. The van der Waals surface area contributed by atoms with Gasteiger partial charge in [-0.15, -0.1) is 0 Å². The second-order valence-corrected chi connectivity index (χ2v) is 3.98. The van der Waals surface area contributed by atoms with Crippen molar-refractivity contribution in [2.45, 2.75) is 6.42 Å². The highest BCUT2D eigenvalue weighted by Gasteiger charge is 2.01. The molecule has 0 saturated carbocycles. The van der Waals surface area contributed by atoms with Gasteiger partial charge in [0.2, 0.25) is 0 Å². The molecule has 1 aromatic carbocycles. The maximum atomic E-state index is 9.10. The van der Waals surface area contributed by atoms with E-state index in [-0.39, 0.29) is 5.19 Å². The molecule has 0 saturated heterocycles. The van der Waals surface area contributed by atoms with Crippen molar-refractivity contribution in [1.29, 1.82) is 0 Å². The van der Waals surface area contributed by atoms with E-state index in [1.165, 1.54) is 11.3 Å². The Morgan fingerprint density at radius 1 is 1.33 bits per heavy atom. The summed E-state index contributed by atoms with van der Waals surface area (Å²) in [5.41, 5.74) is 2.05. The Morgan fingerprint density at radius 3 is 2.60 bits per heavy atom. The number of nitrogens with zero attached hydrogens (tertiary/aromatic N) is 1. The molecule has 3 nitrogen and oxygen atoms in total. The Kier molecular flexibility index (Phi) is 2.87. The van der Waals surface area contributed by atoms with Crippen LogP contribution in [0.15, 0.2) is 29.6 Å². The molecule has 0 atom stereocenters. The average Bonchev–Trinajstić information content (AvgIpc) is 2.65. The fourth-order valence-electron chi connectivity index (χ4n) is 1.33. The van der Waals surface area contributed by atoms with E-state index in [1.807, 2.05) is 29.6 Å². The molecule has 2 rings (SSSR count). The van der Waals surface area contributed by atoms with Crippen LogP contribution in [-0.4, -0.2) is 17.2 Å². The fraction of sp³-hybridized carbons (Fsp3) is 0.182. The van der Waals surface area contributed by atoms with Crippen molar-refractivity contribution in [2.24, 2.45) is 0 Å². The summed E-state index contributed by atoms with van der Waals surface area (Å²) in [5, 5.41) is 11.1. The van der Waals surface area contributed by atoms with Crippen LogP contribution in [0.1, 0.15) is 11.3 Å². The van der Waals surface area contributed by atoms with Gasteiger partial charge in [-0.3, -0.25) is 0 Å². The first kappa shape index (κ1) is 9.98. The minimum absolute atomic E-state index is 0.124. The van der Waals surface area contributed by atoms with E-state index in [0.29, 0.717) is 0 Å². The lowest BCUT2D eigenvalue weighted by molar-refractivity contribution is 0.414. The molecule has 0 amide bonds. The molecule has 78 valence electrons. The Morgan fingerprint density at radius 2 is 2.07 bits per heavy atom. The van der Waals surface area contributed by atoms with Crippen LogP contribution in [0, 0.1) is 0 Å². The zero-order valence-corrected chi connectivity index (χ0v) is 9.12. The number of aromatic nitrogens is 1. The lowest BCUT2D eigenvalue weighted by atomic mass is 10.1. The molecule has 0 aliphatic carbocycles. The Balaban J connectivity index is 2.11. The summed E-state index contributed by atoms with van der Waals surface area (Å²) in [6.07, 6.45) is 0.737. The number of methoxy groups -OCH3 is 1. The van der Waals surface area contributed by atoms with Crippen LogP contribution in [0.2, 0.25) is 0 Å². The quantitative estimate of drug-likeness (QED) is 0.865. The van der Waals surface area contributed by atoms with Crippen molar-refractivity contribution in [3.05, 3.63) is 40.9 Å². The second kappa shape index (κ2) is 4.31. The summed E-state index contributed by atoms with van der Waals surface area (Å²) < 4.78 is 5.07. The SMILES string of the molecule is COc1ccc(Cc2csc(O)n2)cc1. The molecule has 15 heavy (non-hydrogen) atoms. The molecule has 0 spiro atoms. The Bertz CT molecular complexity index is 436. The van der Waals surface area contributed by atoms with Crippen LogP contribution in [0.4, 0.5) is 0 Å². The predicted molar refractivity (Wildman–Crippen MR) is 59.6 cm³/mol. The van der Waals surface area contributed by atoms with Gasteiger partial charge in [-0.1, -0.05) is 23.5 Å². The molecule has 0 aliphatic rings. The van der Waals surface area contributed by atoms with Crippen molar-refractivity contribution in [1.82, 2.24) is 4.98 Å². The normalized spacial score (nSPS) is 10.2. The van der Waals surface area contributed by atoms with Crippen molar-refractivity contribution < 1.29 is 9.84 Å². The monoisotopic (exact) mass is 221 g/mol. The summed E-state index contributed by atoms with van der Waals surface area (Å²) >= 11 is 1.25. The molecule has 4 heteroatoms. The van der Waals surface area contributed by atoms with Crippen LogP contribution < -0.4 is 4.74 Å². The van der Waals surface area contributed by atoms with E-state index in [0.717, 1.165) is 23.4 Å². The largest absolute Gasteiger partial charge is 0.497 e. The van der Waals surface area contributed by atoms with Gasteiger partial charge < -0.3 is 9.84 Å². The predicted octanol–water partition coefficient (Wildman–Crippen LogP) is 2.45. The van der Waals surface area contributed by atoms with E-state index >= 15 is 0 Å². The molecule has 0 unspecified atom stereocenters. The Labute approximate surface area is 92.0 Å². The molecule has 2 aromatic rings. The number of rotatable bonds is 3. The zero-order valence-electron chi connectivity index (χ0n) is 8.30. The zero-order chi connectivity index (χ0) is 10.7. The number of aromatic hydroxyl groups is 1. The van der Waals surface area contributed by atoms with Crippen molar-refractivity contribution in [3.63, 3.8) is 0 Å². The first-order chi connectivity index (χ1) is 7.28. The van der Waals surface area contributed by atoms with Gasteiger partial charge in [0, 0.05) is 11.8 Å². The minimum Gasteiger partial charge on any atom is -0.497 e. The standard InChI is InChI=1S/C11H11NO2S/c1-14-10-4-2-8(3-5-10)6-9-7-15-11(13)12-9/h2-5,7H,6H2,1H3,(H,12,13). The van der Waals surface area contributed by atoms with Crippen LogP contribution in [0.3, 0.4) is 0 Å². The lowest BCUT2D eigenvalue weighted by Gasteiger charge is -2.01. The fourth-order valence-corrected chi connectivity index (χ4v) is 1.88. The summed E-state index contributed by atoms with van der Waals surface area (Å²) in [6.45, 7) is 0. The third-order valence-electron chi connectivity index (χ3n) is 2.08. The first-order valence-electron chi connectivity index (χ1n) is 4.54. The van der Waals surface area contributed by atoms with E-state index in [4.69, 9.17) is 9.84 Å². The van der Waals surface area contributed by atoms with Crippen molar-refractivity contribution in [2.75, 3.05) is 7.11 Å². The molecular formula is C11H11NO2S. The topological polar surface area (TPSA) is 42.4 Å². The average molecular weight is 221 g/mol. The van der Waals surface area contributed by atoms with Gasteiger partial charge in [-0.05, 0) is 17.7 Å². The van der Waals surface area contributed by atoms with Crippen molar-refractivity contribution in [3.8, 4) is 10.9 Å². The van der Waals surface area contributed by atoms with Gasteiger partial charge in [0.15, 0.2) is 0 Å². The Hall–Kier alpha value is -1.55. The first-order valence-corrected chi connectivity index (χ1v) is 5.42. The maximum Gasteiger partial charge on any atom is 0.270 e. The summed E-state index contributed by atoms with van der Waals surface area (Å²) in [4.78, 5) is 3.99. The molecule has 1 aromatic heterocycles. The minimum atomic E-state index is 0.124. The van der Waals surface area contributed by atoms with Crippen LogP contribution in [-0.2, 0) is 6.42 Å². The van der Waals surface area contributed by atoms with Crippen LogP contribution >= 0.6 is 11.3 Å². The van der Waals surface area contributed by atoms with Gasteiger partial charge in [-0.25, -0.2) is 4.98 Å². The number of benzene rings is 1. The van der Waals surface area contributed by atoms with Gasteiger partial charge in [0.1, 0.15) is 5.75 Å². The van der Waals surface area contributed by atoms with E-state index in [1.54, 1.807) is 7.11 Å². The molecule has 1 N–H and O–H groups in total. The summed E-state index contributed by atoms with van der Waals surface area (Å²) in [5.74, 6) is 0.847. The maximum absolute atomic E-state index is 9.10. The van der Waals surface area contributed by atoms with Gasteiger partial charge in [0.25, 0.3) is 5.19 Å². The lowest BCUT2D eigenvalue weighted by Crippen LogP contribution is -1.88. The van der Waals surface area contributed by atoms with E-state index in [9.17, 15) is 0 Å². The van der Waals surface area contributed by atoms with E-state index in [2.05, 4.69) is 4.98 Å². The molecule has 1 heterocycles. The van der Waals surface area contributed by atoms with Crippen LogP contribution in [0.5, 0.6) is 10.9 Å². The summed E-state index contributed by atoms with van der Waals surface area (Å²) in [7, 11) is 1.65. The second-order valence-electron chi connectivity index (χ2n) is 3.15. The van der Waals surface area contributed by atoms with Crippen LogP contribution in [0.25, 0.3) is 0 Å². The number of hydrogen-bond acceptors (Lipinski definition) is 4. The number of hydrogen-bond donors (Lipinski definition) is 1. The molecule has 0 bridgehead atoms. The number of ether oxygens (including phenoxy) is 1. The van der Waals surface area contributed by atoms with Gasteiger partial charge >= 0.3 is 0 Å². The molecule has 0 radical (unpaired) electrons. The third-order valence-corrected chi connectivity index (χ3v) is 2.78.